The van der Waals surface area contributed by atoms with E-state index >= 15 is 0 Å². The normalized spacial score (nSPS) is 11.8. The molecule has 0 aliphatic rings. The molecule has 0 aliphatic carbocycles. The Balaban J connectivity index is 2.01. The molecule has 1 atom stereocenters. The Morgan fingerprint density at radius 1 is 0.895 bits per heavy atom. The van der Waals surface area contributed by atoms with Gasteiger partial charge in [-0.15, -0.1) is 0 Å². The summed E-state index contributed by atoms with van der Waals surface area (Å²) < 4.78 is 39.4. The summed E-state index contributed by atoms with van der Waals surface area (Å²) in [7, 11) is 0.201. The molecular weight excluding hydrogens is 506 g/mol. The predicted molar refractivity (Wildman–Crippen MR) is 146 cm³/mol. The van der Waals surface area contributed by atoms with Crippen LogP contribution < -0.4 is 19.1 Å². The van der Waals surface area contributed by atoms with Gasteiger partial charge in [-0.25, -0.2) is 8.42 Å². The number of benzene rings is 3. The van der Waals surface area contributed by atoms with Crippen LogP contribution in [0.25, 0.3) is 0 Å². The first-order chi connectivity index (χ1) is 18.2. The van der Waals surface area contributed by atoms with Crippen molar-refractivity contribution >= 4 is 27.5 Å². The average molecular weight is 540 g/mol. The molecule has 0 unspecified atom stereocenters. The summed E-state index contributed by atoms with van der Waals surface area (Å²) in [5.41, 5.74) is 1.19. The van der Waals surface area contributed by atoms with Crippen molar-refractivity contribution in [1.29, 1.82) is 0 Å². The molecule has 0 radical (unpaired) electrons. The van der Waals surface area contributed by atoms with E-state index in [9.17, 15) is 18.0 Å². The Kier molecular flexibility index (Phi) is 9.72. The average Bonchev–Trinajstić information content (AvgIpc) is 2.95. The number of anilines is 1. The van der Waals surface area contributed by atoms with E-state index in [0.717, 1.165) is 9.87 Å². The number of sulfonamides is 1. The second kappa shape index (κ2) is 13.0. The SMILES string of the molecule is CNC(=O)[C@H](C)N(CCc1ccccc1)C(=O)CN(c1ccccc1OC)S(=O)(=O)c1ccc(OC)cc1. The Morgan fingerprint density at radius 2 is 1.53 bits per heavy atom. The number of rotatable bonds is 12. The highest BCUT2D eigenvalue weighted by Gasteiger charge is 2.33. The van der Waals surface area contributed by atoms with E-state index in [1.165, 1.54) is 50.4 Å². The van der Waals surface area contributed by atoms with Gasteiger partial charge in [0.1, 0.15) is 24.1 Å². The maximum atomic E-state index is 13.9. The zero-order valence-electron chi connectivity index (χ0n) is 22.0. The molecule has 0 saturated carbocycles. The second-order valence-electron chi connectivity index (χ2n) is 8.47. The molecule has 2 amide bonds. The van der Waals surface area contributed by atoms with Crippen molar-refractivity contribution in [2.45, 2.75) is 24.3 Å². The molecule has 0 saturated heterocycles. The number of para-hydroxylation sites is 2. The van der Waals surface area contributed by atoms with Crippen molar-refractivity contribution in [3.8, 4) is 11.5 Å². The third kappa shape index (κ3) is 6.63. The Hall–Kier alpha value is -4.05. The molecule has 38 heavy (non-hydrogen) atoms. The number of hydrogen-bond acceptors (Lipinski definition) is 6. The van der Waals surface area contributed by atoms with E-state index in [2.05, 4.69) is 5.32 Å². The van der Waals surface area contributed by atoms with Crippen LogP contribution in [0.3, 0.4) is 0 Å². The van der Waals surface area contributed by atoms with Crippen molar-refractivity contribution in [3.63, 3.8) is 0 Å². The molecule has 0 bridgehead atoms. The van der Waals surface area contributed by atoms with Crippen molar-refractivity contribution in [1.82, 2.24) is 10.2 Å². The number of nitrogens with zero attached hydrogens (tertiary/aromatic N) is 2. The van der Waals surface area contributed by atoms with Gasteiger partial charge >= 0.3 is 0 Å². The number of ether oxygens (including phenoxy) is 2. The Labute approximate surface area is 224 Å². The van der Waals surface area contributed by atoms with Gasteiger partial charge in [0.2, 0.25) is 11.8 Å². The number of methoxy groups -OCH3 is 2. The summed E-state index contributed by atoms with van der Waals surface area (Å²) in [6.45, 7) is 1.30. The molecule has 3 rings (SSSR count). The highest BCUT2D eigenvalue weighted by molar-refractivity contribution is 7.92. The van der Waals surface area contributed by atoms with Gasteiger partial charge in [0.25, 0.3) is 10.0 Å². The molecular formula is C28H33N3O6S. The fourth-order valence-corrected chi connectivity index (χ4v) is 5.43. The van der Waals surface area contributed by atoms with Crippen LogP contribution in [0.15, 0.2) is 83.8 Å². The molecule has 9 nitrogen and oxygen atoms in total. The van der Waals surface area contributed by atoms with Gasteiger partial charge in [0, 0.05) is 13.6 Å². The fourth-order valence-electron chi connectivity index (χ4n) is 4.00. The van der Waals surface area contributed by atoms with Gasteiger partial charge in [-0.2, -0.15) is 0 Å². The first kappa shape index (κ1) is 28.5. The minimum absolute atomic E-state index is 0.0211. The third-order valence-electron chi connectivity index (χ3n) is 6.18. The highest BCUT2D eigenvalue weighted by Crippen LogP contribution is 2.32. The number of hydrogen-bond donors (Lipinski definition) is 1. The molecule has 0 aromatic heterocycles. The maximum absolute atomic E-state index is 13.9. The number of nitrogens with one attached hydrogen (secondary N) is 1. The maximum Gasteiger partial charge on any atom is 0.264 e. The molecule has 0 spiro atoms. The Morgan fingerprint density at radius 3 is 2.13 bits per heavy atom. The lowest BCUT2D eigenvalue weighted by molar-refractivity contribution is -0.138. The minimum atomic E-state index is -4.21. The summed E-state index contributed by atoms with van der Waals surface area (Å²) >= 11 is 0. The molecule has 10 heteroatoms. The van der Waals surface area contributed by atoms with Crippen LogP contribution in [-0.2, 0) is 26.0 Å². The van der Waals surface area contributed by atoms with Gasteiger partial charge in [0.15, 0.2) is 0 Å². The molecule has 1 N–H and O–H groups in total. The second-order valence-corrected chi connectivity index (χ2v) is 10.3. The van der Waals surface area contributed by atoms with Crippen LogP contribution in [0.2, 0.25) is 0 Å². The lowest BCUT2D eigenvalue weighted by atomic mass is 10.1. The van der Waals surface area contributed by atoms with E-state index in [1.54, 1.807) is 31.2 Å². The lowest BCUT2D eigenvalue weighted by Gasteiger charge is -2.32. The van der Waals surface area contributed by atoms with Crippen molar-refractivity contribution in [3.05, 3.63) is 84.4 Å². The van der Waals surface area contributed by atoms with Gasteiger partial charge in [0.05, 0.1) is 24.8 Å². The fraction of sp³-hybridized carbons (Fsp3) is 0.286. The molecule has 0 heterocycles. The molecule has 3 aromatic rings. The predicted octanol–water partition coefficient (Wildman–Crippen LogP) is 3.10. The number of amides is 2. The van der Waals surface area contributed by atoms with Crippen LogP contribution in [0, 0.1) is 0 Å². The summed E-state index contributed by atoms with van der Waals surface area (Å²) in [4.78, 5) is 27.7. The van der Waals surface area contributed by atoms with Crippen LogP contribution in [-0.4, -0.2) is 65.5 Å². The van der Waals surface area contributed by atoms with Crippen molar-refractivity contribution in [2.75, 3.05) is 38.7 Å². The number of carbonyl (C=O) groups excluding carboxylic acids is 2. The molecule has 0 aliphatic heterocycles. The van der Waals surface area contributed by atoms with E-state index in [0.29, 0.717) is 12.2 Å². The number of carbonyl (C=O) groups is 2. The smallest absolute Gasteiger partial charge is 0.264 e. The van der Waals surface area contributed by atoms with Crippen molar-refractivity contribution < 1.29 is 27.5 Å². The first-order valence-electron chi connectivity index (χ1n) is 12.1. The summed E-state index contributed by atoms with van der Waals surface area (Å²) in [5.74, 6) is -0.101. The Bertz CT molecular complexity index is 1330. The molecule has 0 fully saturated rings. The van der Waals surface area contributed by atoms with Crippen LogP contribution in [0.4, 0.5) is 5.69 Å². The minimum Gasteiger partial charge on any atom is -0.497 e. The lowest BCUT2D eigenvalue weighted by Crippen LogP contribution is -2.51. The summed E-state index contributed by atoms with van der Waals surface area (Å²) in [6.07, 6.45) is 0.494. The third-order valence-corrected chi connectivity index (χ3v) is 7.95. The van der Waals surface area contributed by atoms with Crippen LogP contribution >= 0.6 is 0 Å². The largest absolute Gasteiger partial charge is 0.497 e. The zero-order chi connectivity index (χ0) is 27.7. The quantitative estimate of drug-likeness (QED) is 0.379. The summed E-state index contributed by atoms with van der Waals surface area (Å²) in [5, 5.41) is 2.57. The molecule has 202 valence electrons. The van der Waals surface area contributed by atoms with Gasteiger partial charge in [-0.05, 0) is 55.3 Å². The summed E-state index contributed by atoms with van der Waals surface area (Å²) in [6, 6.07) is 21.2. The van der Waals surface area contributed by atoms with Gasteiger partial charge in [-0.3, -0.25) is 13.9 Å². The van der Waals surface area contributed by atoms with Crippen LogP contribution in [0.1, 0.15) is 12.5 Å². The monoisotopic (exact) mass is 539 g/mol. The standard InChI is InChI=1S/C28H33N3O6S/c1-21(28(33)29-2)30(19-18-22-10-6-5-7-11-22)27(32)20-31(25-12-8-9-13-26(25)37-4)38(34,35)24-16-14-23(36-3)15-17-24/h5-17,21H,18-20H2,1-4H3,(H,29,33)/t21-/m0/s1. The van der Waals surface area contributed by atoms with E-state index in [1.807, 2.05) is 30.3 Å². The van der Waals surface area contributed by atoms with Crippen molar-refractivity contribution in [2.24, 2.45) is 0 Å². The highest BCUT2D eigenvalue weighted by atomic mass is 32.2. The molecule has 3 aromatic carbocycles. The zero-order valence-corrected chi connectivity index (χ0v) is 22.8. The van der Waals surface area contributed by atoms with Gasteiger partial charge < -0.3 is 19.7 Å². The number of likely N-dealkylation sites (N-methyl/N-ethyl adjacent to an activating group) is 1. The van der Waals surface area contributed by atoms with E-state index in [-0.39, 0.29) is 28.8 Å². The van der Waals surface area contributed by atoms with Gasteiger partial charge in [-0.1, -0.05) is 42.5 Å². The van der Waals surface area contributed by atoms with E-state index in [4.69, 9.17) is 9.47 Å². The topological polar surface area (TPSA) is 105 Å². The first-order valence-corrected chi connectivity index (χ1v) is 13.5. The van der Waals surface area contributed by atoms with E-state index < -0.39 is 28.5 Å². The van der Waals surface area contributed by atoms with Crippen LogP contribution in [0.5, 0.6) is 11.5 Å².